The first-order chi connectivity index (χ1) is 16.5. The molecule has 5 aliphatic rings. The van der Waals surface area contributed by atoms with E-state index in [9.17, 15) is 35.1 Å². The van der Waals surface area contributed by atoms with E-state index in [1.54, 1.807) is 26.8 Å². The number of cyclic esters (lactones) is 1. The van der Waals surface area contributed by atoms with Gasteiger partial charge in [0.1, 0.15) is 22.9 Å². The molecule has 8 nitrogen and oxygen atoms in total. The maximum Gasteiger partial charge on any atom is 0.334 e. The number of carbonyl (C=O) groups is 2. The Kier molecular flexibility index (Phi) is 5.43. The predicted molar refractivity (Wildman–Crippen MR) is 129 cm³/mol. The molecule has 200 valence electrons. The minimum absolute atomic E-state index is 0.0664. The van der Waals surface area contributed by atoms with Crippen LogP contribution < -0.4 is 0 Å². The highest BCUT2D eigenvalue weighted by Crippen LogP contribution is 2.71. The molecule has 5 N–H and O–H groups in total. The van der Waals surface area contributed by atoms with Crippen molar-refractivity contribution in [1.82, 2.24) is 0 Å². The first-order valence-electron chi connectivity index (χ1n) is 13.2. The largest absolute Gasteiger partial charge is 0.455 e. The highest BCUT2D eigenvalue weighted by atomic mass is 16.6. The lowest BCUT2D eigenvalue weighted by molar-refractivity contribution is -0.301. The smallest absolute Gasteiger partial charge is 0.334 e. The molecular weight excluding hydrogens is 464 g/mol. The summed E-state index contributed by atoms with van der Waals surface area (Å²) in [5.41, 5.74) is -8.00. The third-order valence-corrected chi connectivity index (χ3v) is 11.8. The molecule has 1 heterocycles. The quantitative estimate of drug-likeness (QED) is 0.358. The number of aliphatic hydroxyl groups is 5. The predicted octanol–water partition coefficient (Wildman–Crippen LogP) is 1.71. The average Bonchev–Trinajstić information content (AvgIpc) is 3.03. The lowest BCUT2D eigenvalue weighted by Gasteiger charge is -2.66. The van der Waals surface area contributed by atoms with Gasteiger partial charge in [0.15, 0.2) is 5.78 Å². The van der Waals surface area contributed by atoms with E-state index in [1.165, 1.54) is 13.0 Å². The normalized spacial score (nSPS) is 52.3. The Morgan fingerprint density at radius 2 is 1.69 bits per heavy atom. The van der Waals surface area contributed by atoms with Gasteiger partial charge in [-0.1, -0.05) is 18.6 Å². The number of ether oxygens (including phenoxy) is 1. The summed E-state index contributed by atoms with van der Waals surface area (Å²) in [5, 5.41) is 59.3. The van der Waals surface area contributed by atoms with Crippen LogP contribution in [0.5, 0.6) is 0 Å². The van der Waals surface area contributed by atoms with E-state index in [0.717, 1.165) is 5.57 Å². The minimum atomic E-state index is -1.86. The number of hydrogen-bond acceptors (Lipinski definition) is 8. The van der Waals surface area contributed by atoms with Crippen molar-refractivity contribution in [3.63, 3.8) is 0 Å². The lowest BCUT2D eigenvalue weighted by Crippen LogP contribution is -2.75. The fourth-order valence-electron chi connectivity index (χ4n) is 8.95. The molecule has 5 rings (SSSR count). The second-order valence-corrected chi connectivity index (χ2v) is 12.9. The van der Waals surface area contributed by atoms with Crippen LogP contribution in [-0.4, -0.2) is 71.9 Å². The summed E-state index contributed by atoms with van der Waals surface area (Å²) in [6, 6.07) is 0. The van der Waals surface area contributed by atoms with Crippen molar-refractivity contribution in [3.05, 3.63) is 23.3 Å². The fourth-order valence-corrected chi connectivity index (χ4v) is 8.95. The maximum atomic E-state index is 13.2. The van der Waals surface area contributed by atoms with Crippen LogP contribution in [0.1, 0.15) is 79.6 Å². The summed E-state index contributed by atoms with van der Waals surface area (Å²) in [6.45, 7) is 8.42. The van der Waals surface area contributed by atoms with Crippen molar-refractivity contribution in [3.8, 4) is 0 Å². The van der Waals surface area contributed by atoms with Crippen LogP contribution in [-0.2, 0) is 14.3 Å². The molecule has 3 fully saturated rings. The fraction of sp³-hybridized carbons (Fsp3) is 0.786. The summed E-state index contributed by atoms with van der Waals surface area (Å²) < 4.78 is 5.59. The van der Waals surface area contributed by atoms with Crippen molar-refractivity contribution in [2.24, 2.45) is 22.7 Å². The number of esters is 1. The van der Waals surface area contributed by atoms with Gasteiger partial charge in [-0.15, -0.1) is 0 Å². The molecule has 0 aromatic heterocycles. The van der Waals surface area contributed by atoms with Crippen LogP contribution in [0.2, 0.25) is 0 Å². The Bertz CT molecular complexity index is 1080. The highest BCUT2D eigenvalue weighted by molar-refractivity contribution is 5.97. The molecule has 4 aliphatic carbocycles. The Balaban J connectivity index is 1.55. The molecule has 0 amide bonds. The number of ketones is 1. The second kappa shape index (κ2) is 7.50. The summed E-state index contributed by atoms with van der Waals surface area (Å²) in [5.74, 6) is -1.77. The highest BCUT2D eigenvalue weighted by Gasteiger charge is 2.78. The van der Waals surface area contributed by atoms with Crippen LogP contribution >= 0.6 is 0 Å². The summed E-state index contributed by atoms with van der Waals surface area (Å²) >= 11 is 0. The zero-order chi connectivity index (χ0) is 26.7. The van der Waals surface area contributed by atoms with E-state index in [-0.39, 0.29) is 37.9 Å². The van der Waals surface area contributed by atoms with E-state index in [0.29, 0.717) is 18.4 Å². The number of fused-ring (bicyclic) bond motifs is 5. The standard InChI is InChI=1S/C28H40O8/c1-15-13-21(36-22(31)16(15)2)25(5,32)28(35)12-11-26(33)18-14-20(30)27(34)9-6-7-19(29)24(27,4)17(18)8-10-23(26,28)3/h6-7,17-18,20-21,30,32-35H,8-14H2,1-5H3. The molecular formula is C28H40O8. The first kappa shape index (κ1) is 26.0. The first-order valence-corrected chi connectivity index (χ1v) is 13.2. The molecule has 0 radical (unpaired) electrons. The Hall–Kier alpha value is -1.58. The molecule has 0 spiro atoms. The third kappa shape index (κ3) is 2.72. The van der Waals surface area contributed by atoms with Gasteiger partial charge >= 0.3 is 5.97 Å². The van der Waals surface area contributed by atoms with Crippen molar-refractivity contribution < 1.29 is 39.9 Å². The zero-order valence-corrected chi connectivity index (χ0v) is 21.9. The van der Waals surface area contributed by atoms with Crippen molar-refractivity contribution in [2.75, 3.05) is 0 Å². The van der Waals surface area contributed by atoms with Crippen molar-refractivity contribution in [2.45, 2.75) is 114 Å². The molecule has 10 unspecified atom stereocenters. The summed E-state index contributed by atoms with van der Waals surface area (Å²) in [6.07, 6.45) is 2.31. The summed E-state index contributed by atoms with van der Waals surface area (Å²) in [4.78, 5) is 25.7. The minimum Gasteiger partial charge on any atom is -0.455 e. The molecule has 36 heavy (non-hydrogen) atoms. The number of allylic oxidation sites excluding steroid dienone is 1. The van der Waals surface area contributed by atoms with Gasteiger partial charge in [0.2, 0.25) is 0 Å². The Morgan fingerprint density at radius 3 is 2.33 bits per heavy atom. The molecule has 10 atom stereocenters. The SMILES string of the molecule is CC1=C(C)C(=O)OC(C(C)(O)C2(O)CCC3(O)C4CC(O)C5(O)CC=CC(=O)C5(C)C4CCC32C)C1. The summed E-state index contributed by atoms with van der Waals surface area (Å²) in [7, 11) is 0. The number of rotatable bonds is 2. The molecule has 3 saturated carbocycles. The van der Waals surface area contributed by atoms with E-state index in [1.807, 2.05) is 6.92 Å². The van der Waals surface area contributed by atoms with Gasteiger partial charge in [-0.2, -0.15) is 0 Å². The second-order valence-electron chi connectivity index (χ2n) is 12.9. The van der Waals surface area contributed by atoms with Crippen molar-refractivity contribution >= 4 is 11.8 Å². The maximum absolute atomic E-state index is 13.2. The molecule has 0 saturated heterocycles. The van der Waals surface area contributed by atoms with Gasteiger partial charge < -0.3 is 30.3 Å². The van der Waals surface area contributed by atoms with E-state index in [2.05, 4.69) is 0 Å². The Morgan fingerprint density at radius 1 is 1.03 bits per heavy atom. The zero-order valence-electron chi connectivity index (χ0n) is 21.9. The van der Waals surface area contributed by atoms with E-state index >= 15 is 0 Å². The van der Waals surface area contributed by atoms with Gasteiger partial charge in [0.05, 0.1) is 17.1 Å². The van der Waals surface area contributed by atoms with Crippen molar-refractivity contribution in [1.29, 1.82) is 0 Å². The van der Waals surface area contributed by atoms with Gasteiger partial charge in [-0.05, 0) is 84.1 Å². The Labute approximate surface area is 212 Å². The lowest BCUT2D eigenvalue weighted by atomic mass is 9.41. The van der Waals surface area contributed by atoms with Crippen LogP contribution in [0.3, 0.4) is 0 Å². The molecule has 0 aromatic carbocycles. The van der Waals surface area contributed by atoms with Crippen LogP contribution in [0.25, 0.3) is 0 Å². The van der Waals surface area contributed by atoms with Crippen LogP contribution in [0.15, 0.2) is 23.3 Å². The van der Waals surface area contributed by atoms with E-state index < -0.39 is 63.2 Å². The molecule has 8 heteroatoms. The third-order valence-electron chi connectivity index (χ3n) is 11.8. The van der Waals surface area contributed by atoms with Gasteiger partial charge in [0, 0.05) is 17.4 Å². The average molecular weight is 505 g/mol. The van der Waals surface area contributed by atoms with Crippen LogP contribution in [0, 0.1) is 22.7 Å². The van der Waals surface area contributed by atoms with Crippen LogP contribution in [0.4, 0.5) is 0 Å². The monoisotopic (exact) mass is 504 g/mol. The van der Waals surface area contributed by atoms with Gasteiger partial charge in [-0.3, -0.25) is 4.79 Å². The number of aliphatic hydroxyl groups excluding tert-OH is 1. The molecule has 1 aliphatic heterocycles. The number of hydrogen-bond donors (Lipinski definition) is 5. The molecule has 0 bridgehead atoms. The van der Waals surface area contributed by atoms with E-state index in [4.69, 9.17) is 4.74 Å². The molecule has 0 aromatic rings. The topological polar surface area (TPSA) is 145 Å². The van der Waals surface area contributed by atoms with Gasteiger partial charge in [-0.25, -0.2) is 4.79 Å². The number of carbonyl (C=O) groups excluding carboxylic acids is 2. The van der Waals surface area contributed by atoms with Gasteiger partial charge in [0.25, 0.3) is 0 Å².